The number of ether oxygens (including phenoxy) is 5. The molecule has 10 atom stereocenters. The molecule has 35 heavy (non-hydrogen) atoms. The van der Waals surface area contributed by atoms with E-state index in [0.717, 1.165) is 0 Å². The van der Waals surface area contributed by atoms with Crippen molar-refractivity contribution in [3.63, 3.8) is 0 Å². The second-order valence-corrected chi connectivity index (χ2v) is 8.16. The molecule has 2 aliphatic rings. The van der Waals surface area contributed by atoms with Gasteiger partial charge in [0.2, 0.25) is 6.29 Å². The second-order valence-electron chi connectivity index (χ2n) is 8.16. The second kappa shape index (κ2) is 12.4. The summed E-state index contributed by atoms with van der Waals surface area (Å²) >= 11 is 0. The van der Waals surface area contributed by atoms with E-state index >= 15 is 0 Å². The first-order chi connectivity index (χ1) is 16.7. The zero-order valence-corrected chi connectivity index (χ0v) is 18.9. The van der Waals surface area contributed by atoms with Crippen LogP contribution in [0.2, 0.25) is 0 Å². The van der Waals surface area contributed by atoms with Gasteiger partial charge in [-0.25, -0.2) is 0 Å². The highest BCUT2D eigenvalue weighted by Crippen LogP contribution is 2.32. The fraction of sp³-hybridized carbons (Fsp3) is 0.636. The highest BCUT2D eigenvalue weighted by molar-refractivity contribution is 5.56. The van der Waals surface area contributed by atoms with Gasteiger partial charge in [-0.3, -0.25) is 0 Å². The van der Waals surface area contributed by atoms with Crippen LogP contribution in [0.1, 0.15) is 5.56 Å². The average molecular weight is 504 g/mol. The Labute approximate surface area is 200 Å². The van der Waals surface area contributed by atoms with Crippen molar-refractivity contribution >= 4 is 6.08 Å². The molecule has 1 aromatic rings. The monoisotopic (exact) mass is 504 g/mol. The normalized spacial score (nSPS) is 38.0. The van der Waals surface area contributed by atoms with Crippen molar-refractivity contribution in [2.45, 2.75) is 61.4 Å². The van der Waals surface area contributed by atoms with Crippen molar-refractivity contribution in [2.75, 3.05) is 26.9 Å². The number of hydrogen-bond donors (Lipinski definition) is 8. The molecule has 13 heteroatoms. The van der Waals surface area contributed by atoms with Crippen LogP contribution in [0.3, 0.4) is 0 Å². The molecule has 13 nitrogen and oxygen atoms in total. The number of aliphatic hydroxyl groups is 8. The Morgan fingerprint density at radius 3 is 1.91 bits per heavy atom. The number of methoxy groups -OCH3 is 1. The summed E-state index contributed by atoms with van der Waals surface area (Å²) in [4.78, 5) is 0. The molecule has 3 rings (SSSR count). The predicted octanol–water partition coefficient (Wildman–Crippen LogP) is -3.30. The van der Waals surface area contributed by atoms with Crippen LogP contribution in [0.15, 0.2) is 24.3 Å². The third kappa shape index (κ3) is 6.28. The topological polar surface area (TPSA) is 208 Å². The molecule has 0 aromatic heterocycles. The van der Waals surface area contributed by atoms with Crippen LogP contribution >= 0.6 is 0 Å². The number of rotatable bonds is 9. The average Bonchev–Trinajstić information content (AvgIpc) is 2.87. The molecule has 0 saturated carbocycles. The van der Waals surface area contributed by atoms with Crippen molar-refractivity contribution in [2.24, 2.45) is 0 Å². The zero-order chi connectivity index (χ0) is 25.7. The van der Waals surface area contributed by atoms with Gasteiger partial charge < -0.3 is 64.5 Å². The van der Waals surface area contributed by atoms with E-state index in [4.69, 9.17) is 23.7 Å². The Bertz CT molecular complexity index is 832. The molecule has 10 unspecified atom stereocenters. The largest absolute Gasteiger partial charge is 0.493 e. The summed E-state index contributed by atoms with van der Waals surface area (Å²) in [5.74, 6) is 0.436. The molecule has 0 spiro atoms. The summed E-state index contributed by atoms with van der Waals surface area (Å²) in [6.45, 7) is -1.18. The van der Waals surface area contributed by atoms with Gasteiger partial charge in [0.1, 0.15) is 48.8 Å². The van der Waals surface area contributed by atoms with Crippen molar-refractivity contribution in [3.8, 4) is 11.5 Å². The maximum absolute atomic E-state index is 10.2. The molecule has 2 aliphatic heterocycles. The van der Waals surface area contributed by atoms with E-state index in [2.05, 4.69) is 0 Å². The Balaban J connectivity index is 1.60. The molecule has 0 amide bonds. The Morgan fingerprint density at radius 1 is 0.771 bits per heavy atom. The van der Waals surface area contributed by atoms with E-state index < -0.39 is 74.6 Å². The predicted molar refractivity (Wildman–Crippen MR) is 116 cm³/mol. The first kappa shape index (κ1) is 27.7. The lowest BCUT2D eigenvalue weighted by Crippen LogP contribution is -2.60. The van der Waals surface area contributed by atoms with E-state index in [0.29, 0.717) is 5.56 Å². The van der Waals surface area contributed by atoms with Crippen molar-refractivity contribution in [1.82, 2.24) is 0 Å². The fourth-order valence-electron chi connectivity index (χ4n) is 3.71. The zero-order valence-electron chi connectivity index (χ0n) is 18.9. The van der Waals surface area contributed by atoms with Gasteiger partial charge in [-0.1, -0.05) is 18.2 Å². The van der Waals surface area contributed by atoms with Gasteiger partial charge in [0.25, 0.3) is 0 Å². The van der Waals surface area contributed by atoms with Gasteiger partial charge in [0.15, 0.2) is 17.8 Å². The minimum absolute atomic E-state index is 0.0336. The molecule has 0 radical (unpaired) electrons. The molecule has 2 heterocycles. The third-order valence-corrected chi connectivity index (χ3v) is 5.79. The summed E-state index contributed by atoms with van der Waals surface area (Å²) in [5, 5.41) is 78.1. The third-order valence-electron chi connectivity index (χ3n) is 5.79. The lowest BCUT2D eigenvalue weighted by molar-refractivity contribution is -0.298. The van der Waals surface area contributed by atoms with Crippen LogP contribution < -0.4 is 9.47 Å². The first-order valence-electron chi connectivity index (χ1n) is 11.0. The van der Waals surface area contributed by atoms with E-state index in [9.17, 15) is 40.9 Å². The Morgan fingerprint density at radius 2 is 1.34 bits per heavy atom. The highest BCUT2D eigenvalue weighted by atomic mass is 16.7. The lowest BCUT2D eigenvalue weighted by atomic mass is 9.99. The standard InChI is InChI=1S/C22H32O13/c1-31-12-7-10(3-2-6-32-21-19(29)17(27)15(25)13(8-23)34-21)4-5-11(12)33-22-20(30)18(28)16(26)14(9-24)35-22/h2-5,7,13-30H,6,8-9H2,1H3. The first-order valence-corrected chi connectivity index (χ1v) is 11.0. The maximum atomic E-state index is 10.2. The lowest BCUT2D eigenvalue weighted by Gasteiger charge is -2.39. The number of benzene rings is 1. The molecule has 198 valence electrons. The van der Waals surface area contributed by atoms with Crippen LogP contribution in [0.25, 0.3) is 6.08 Å². The van der Waals surface area contributed by atoms with Crippen molar-refractivity contribution in [1.29, 1.82) is 0 Å². The maximum Gasteiger partial charge on any atom is 0.229 e. The molecular weight excluding hydrogens is 472 g/mol. The van der Waals surface area contributed by atoms with Crippen LogP contribution in [0.5, 0.6) is 11.5 Å². The van der Waals surface area contributed by atoms with Crippen LogP contribution in [-0.4, -0.2) is 129 Å². The minimum Gasteiger partial charge on any atom is -0.493 e. The number of hydrogen-bond acceptors (Lipinski definition) is 13. The van der Waals surface area contributed by atoms with Crippen molar-refractivity contribution < 1.29 is 64.5 Å². The van der Waals surface area contributed by atoms with E-state index in [1.165, 1.54) is 13.2 Å². The van der Waals surface area contributed by atoms with Gasteiger partial charge in [0.05, 0.1) is 26.9 Å². The minimum atomic E-state index is -1.58. The summed E-state index contributed by atoms with van der Waals surface area (Å²) in [6.07, 6.45) is -10.7. The fourth-order valence-corrected chi connectivity index (χ4v) is 3.71. The summed E-state index contributed by atoms with van der Waals surface area (Å²) < 4.78 is 26.9. The smallest absolute Gasteiger partial charge is 0.229 e. The molecule has 8 N–H and O–H groups in total. The molecule has 0 aliphatic carbocycles. The quantitative estimate of drug-likeness (QED) is 0.166. The summed E-state index contributed by atoms with van der Waals surface area (Å²) in [6, 6.07) is 4.77. The summed E-state index contributed by atoms with van der Waals surface area (Å²) in [7, 11) is 1.39. The molecule has 0 bridgehead atoms. The van der Waals surface area contributed by atoms with Gasteiger partial charge in [-0.15, -0.1) is 0 Å². The molecule has 2 saturated heterocycles. The molecule has 2 fully saturated rings. The van der Waals surface area contributed by atoms with E-state index in [1.807, 2.05) is 0 Å². The van der Waals surface area contributed by atoms with Gasteiger partial charge in [-0.05, 0) is 17.7 Å². The molecule has 1 aromatic carbocycles. The van der Waals surface area contributed by atoms with Gasteiger partial charge >= 0.3 is 0 Å². The van der Waals surface area contributed by atoms with Gasteiger partial charge in [-0.2, -0.15) is 0 Å². The van der Waals surface area contributed by atoms with E-state index in [-0.39, 0.29) is 18.1 Å². The Kier molecular flexibility index (Phi) is 9.80. The summed E-state index contributed by atoms with van der Waals surface area (Å²) in [5.41, 5.74) is 0.653. The molecular formula is C22H32O13. The Hall–Kier alpha value is -1.88. The van der Waals surface area contributed by atoms with Crippen LogP contribution in [0.4, 0.5) is 0 Å². The number of aliphatic hydroxyl groups excluding tert-OH is 8. The van der Waals surface area contributed by atoms with Crippen LogP contribution in [0, 0.1) is 0 Å². The highest BCUT2D eigenvalue weighted by Gasteiger charge is 2.45. The van der Waals surface area contributed by atoms with Crippen molar-refractivity contribution in [3.05, 3.63) is 29.8 Å². The van der Waals surface area contributed by atoms with Gasteiger partial charge in [0, 0.05) is 0 Å². The van der Waals surface area contributed by atoms with E-state index in [1.54, 1.807) is 24.3 Å². The van der Waals surface area contributed by atoms with Crippen LogP contribution in [-0.2, 0) is 14.2 Å². The SMILES string of the molecule is COc1cc(C=CCOC2OC(CO)C(O)C(O)C2O)ccc1OC1OC(CO)C(O)C(O)C1O.